The van der Waals surface area contributed by atoms with E-state index in [1.807, 2.05) is 6.07 Å². The van der Waals surface area contributed by atoms with Crippen molar-refractivity contribution in [2.24, 2.45) is 0 Å². The molecule has 1 saturated heterocycles. The van der Waals surface area contributed by atoms with Crippen LogP contribution in [0.1, 0.15) is 23.6 Å². The van der Waals surface area contributed by atoms with Gasteiger partial charge in [0.25, 0.3) is 0 Å². The van der Waals surface area contributed by atoms with Crippen LogP contribution >= 0.6 is 11.3 Å². The highest BCUT2D eigenvalue weighted by molar-refractivity contribution is 7.88. The van der Waals surface area contributed by atoms with Gasteiger partial charge in [-0.05, 0) is 51.0 Å². The SMILES string of the molecule is CN1CCC(c2ccc(S(=O)(=O)O)s2)CC1. The molecule has 1 aliphatic heterocycles. The van der Waals surface area contributed by atoms with Gasteiger partial charge in [0.15, 0.2) is 0 Å². The average molecular weight is 261 g/mol. The number of rotatable bonds is 2. The van der Waals surface area contributed by atoms with Crippen molar-refractivity contribution in [2.75, 3.05) is 20.1 Å². The zero-order chi connectivity index (χ0) is 11.8. The fourth-order valence-electron chi connectivity index (χ4n) is 1.99. The summed E-state index contributed by atoms with van der Waals surface area (Å²) in [7, 11) is -1.93. The zero-order valence-corrected chi connectivity index (χ0v) is 10.7. The molecule has 0 aromatic carbocycles. The van der Waals surface area contributed by atoms with Crippen LogP contribution in [-0.2, 0) is 10.1 Å². The summed E-state index contributed by atoms with van der Waals surface area (Å²) in [6, 6.07) is 3.32. The minimum Gasteiger partial charge on any atom is -0.306 e. The van der Waals surface area contributed by atoms with Gasteiger partial charge >= 0.3 is 10.1 Å². The summed E-state index contributed by atoms with van der Waals surface area (Å²) < 4.78 is 30.9. The normalized spacial score (nSPS) is 20.1. The van der Waals surface area contributed by atoms with Crippen LogP contribution in [0.25, 0.3) is 0 Å². The fourth-order valence-corrected chi connectivity index (χ4v) is 3.84. The van der Waals surface area contributed by atoms with Gasteiger partial charge in [-0.2, -0.15) is 8.42 Å². The van der Waals surface area contributed by atoms with E-state index < -0.39 is 10.1 Å². The van der Waals surface area contributed by atoms with Gasteiger partial charge in [0.1, 0.15) is 4.21 Å². The Bertz CT molecular complexity index is 458. The molecule has 6 heteroatoms. The predicted molar refractivity (Wildman–Crippen MR) is 63.6 cm³/mol. The van der Waals surface area contributed by atoms with E-state index in [0.29, 0.717) is 5.92 Å². The molecule has 0 atom stereocenters. The third-order valence-corrected chi connectivity index (χ3v) is 5.55. The van der Waals surface area contributed by atoms with Crippen molar-refractivity contribution in [3.8, 4) is 0 Å². The lowest BCUT2D eigenvalue weighted by Gasteiger charge is -2.28. The smallest absolute Gasteiger partial charge is 0.304 e. The Morgan fingerprint density at radius 3 is 2.50 bits per heavy atom. The number of hydrogen-bond donors (Lipinski definition) is 1. The van der Waals surface area contributed by atoms with E-state index in [2.05, 4.69) is 11.9 Å². The van der Waals surface area contributed by atoms with Gasteiger partial charge in [0.2, 0.25) is 0 Å². The second-order valence-corrected chi connectivity index (χ2v) is 6.97. The van der Waals surface area contributed by atoms with E-state index in [0.717, 1.165) is 30.8 Å². The van der Waals surface area contributed by atoms with E-state index in [1.54, 1.807) is 0 Å². The number of hydrogen-bond acceptors (Lipinski definition) is 4. The van der Waals surface area contributed by atoms with Crippen LogP contribution in [0, 0.1) is 0 Å². The van der Waals surface area contributed by atoms with Crippen LogP contribution in [0.4, 0.5) is 0 Å². The maximum atomic E-state index is 10.9. The molecule has 0 bridgehead atoms. The Morgan fingerprint density at radius 2 is 2.00 bits per heavy atom. The third kappa shape index (κ3) is 2.63. The first-order chi connectivity index (χ1) is 7.47. The summed E-state index contributed by atoms with van der Waals surface area (Å²) in [5, 5.41) is 0. The summed E-state index contributed by atoms with van der Waals surface area (Å²) in [4.78, 5) is 3.34. The molecule has 90 valence electrons. The van der Waals surface area contributed by atoms with Crippen molar-refractivity contribution in [3.05, 3.63) is 17.0 Å². The summed E-state index contributed by atoms with van der Waals surface area (Å²) in [5.74, 6) is 0.441. The second kappa shape index (κ2) is 4.44. The maximum absolute atomic E-state index is 10.9. The van der Waals surface area contributed by atoms with Gasteiger partial charge in [0, 0.05) is 4.88 Å². The van der Waals surface area contributed by atoms with Crippen molar-refractivity contribution in [1.29, 1.82) is 0 Å². The van der Waals surface area contributed by atoms with Gasteiger partial charge < -0.3 is 4.90 Å². The molecule has 1 N–H and O–H groups in total. The molecule has 0 spiro atoms. The molecule has 0 unspecified atom stereocenters. The van der Waals surface area contributed by atoms with Gasteiger partial charge in [-0.25, -0.2) is 0 Å². The van der Waals surface area contributed by atoms with E-state index in [-0.39, 0.29) is 4.21 Å². The highest BCUT2D eigenvalue weighted by Gasteiger charge is 2.22. The number of thiophene rings is 1. The van der Waals surface area contributed by atoms with Crippen LogP contribution in [0.3, 0.4) is 0 Å². The van der Waals surface area contributed by atoms with E-state index in [9.17, 15) is 8.42 Å². The summed E-state index contributed by atoms with van der Waals surface area (Å²) >= 11 is 1.19. The first kappa shape index (κ1) is 12.0. The van der Waals surface area contributed by atoms with Crippen LogP contribution in [0.2, 0.25) is 0 Å². The highest BCUT2D eigenvalue weighted by Crippen LogP contribution is 2.33. The van der Waals surface area contributed by atoms with E-state index in [4.69, 9.17) is 4.55 Å². The molecule has 0 amide bonds. The van der Waals surface area contributed by atoms with Gasteiger partial charge in [-0.3, -0.25) is 4.55 Å². The molecule has 0 saturated carbocycles. The molecule has 2 rings (SSSR count). The molecule has 2 heterocycles. The lowest BCUT2D eigenvalue weighted by molar-refractivity contribution is 0.257. The second-order valence-electron chi connectivity index (χ2n) is 4.21. The maximum Gasteiger partial charge on any atom is 0.304 e. The quantitative estimate of drug-likeness (QED) is 0.825. The monoisotopic (exact) mass is 261 g/mol. The first-order valence-corrected chi connectivity index (χ1v) is 7.48. The Kier molecular flexibility index (Phi) is 3.34. The predicted octanol–water partition coefficient (Wildman–Crippen LogP) is 1.80. The Labute approximate surface area is 99.6 Å². The molecular weight excluding hydrogens is 246 g/mol. The van der Waals surface area contributed by atoms with Crippen molar-refractivity contribution in [2.45, 2.75) is 23.0 Å². The number of nitrogens with zero attached hydrogens (tertiary/aromatic N) is 1. The molecule has 0 aliphatic carbocycles. The van der Waals surface area contributed by atoms with Crippen molar-refractivity contribution in [3.63, 3.8) is 0 Å². The molecule has 4 nitrogen and oxygen atoms in total. The van der Waals surface area contributed by atoms with Crippen LogP contribution < -0.4 is 0 Å². The van der Waals surface area contributed by atoms with Crippen LogP contribution in [0.5, 0.6) is 0 Å². The van der Waals surface area contributed by atoms with E-state index >= 15 is 0 Å². The third-order valence-electron chi connectivity index (χ3n) is 2.98. The Hall–Kier alpha value is -0.430. The Morgan fingerprint density at radius 1 is 1.38 bits per heavy atom. The van der Waals surface area contributed by atoms with E-state index in [1.165, 1.54) is 17.4 Å². The van der Waals surface area contributed by atoms with Gasteiger partial charge in [-0.15, -0.1) is 11.3 Å². The van der Waals surface area contributed by atoms with Crippen LogP contribution in [-0.4, -0.2) is 38.0 Å². The van der Waals surface area contributed by atoms with Crippen molar-refractivity contribution < 1.29 is 13.0 Å². The van der Waals surface area contributed by atoms with Gasteiger partial charge in [0.05, 0.1) is 0 Å². The minimum absolute atomic E-state index is 0.0569. The molecule has 0 radical (unpaired) electrons. The van der Waals surface area contributed by atoms with Crippen LogP contribution in [0.15, 0.2) is 16.3 Å². The lowest BCUT2D eigenvalue weighted by atomic mass is 9.96. The first-order valence-electron chi connectivity index (χ1n) is 5.22. The van der Waals surface area contributed by atoms with Gasteiger partial charge in [-0.1, -0.05) is 0 Å². The molecular formula is C10H15NO3S2. The Balaban J connectivity index is 2.14. The average Bonchev–Trinajstić information content (AvgIpc) is 2.67. The summed E-state index contributed by atoms with van der Waals surface area (Å²) in [6.45, 7) is 2.09. The largest absolute Gasteiger partial charge is 0.306 e. The molecule has 1 aromatic heterocycles. The van der Waals surface area contributed by atoms with Crippen molar-refractivity contribution in [1.82, 2.24) is 4.90 Å². The molecule has 1 fully saturated rings. The number of likely N-dealkylation sites (tertiary alicyclic amines) is 1. The highest BCUT2D eigenvalue weighted by atomic mass is 32.3. The minimum atomic E-state index is -4.02. The number of piperidine rings is 1. The molecule has 1 aromatic rings. The lowest BCUT2D eigenvalue weighted by Crippen LogP contribution is -2.28. The fraction of sp³-hybridized carbons (Fsp3) is 0.600. The summed E-state index contributed by atoms with van der Waals surface area (Å²) in [6.07, 6.45) is 2.11. The zero-order valence-electron chi connectivity index (χ0n) is 9.09. The summed E-state index contributed by atoms with van der Waals surface area (Å²) in [5.41, 5.74) is 0. The molecule has 1 aliphatic rings. The van der Waals surface area contributed by atoms with Crippen molar-refractivity contribution >= 4 is 21.5 Å². The topological polar surface area (TPSA) is 57.6 Å². The molecule has 16 heavy (non-hydrogen) atoms. The standard InChI is InChI=1S/C10H15NO3S2/c1-11-6-4-8(5-7-11)9-2-3-10(15-9)16(12,13)14/h2-3,8H,4-7H2,1H3,(H,12,13,14).